The number of hydrogen-bond acceptors (Lipinski definition) is 4. The largest absolute Gasteiger partial charge is 2.00 e. The van der Waals surface area contributed by atoms with Crippen LogP contribution in [0, 0.1) is 0 Å². The minimum atomic E-state index is -0.535. The first-order valence-corrected chi connectivity index (χ1v) is 8.11. The molecule has 0 radical (unpaired) electrons. The molecule has 4 aromatic rings. The van der Waals surface area contributed by atoms with Crippen molar-refractivity contribution in [2.45, 2.75) is 19.3 Å². The Morgan fingerprint density at radius 2 is 1.08 bits per heavy atom. The van der Waals surface area contributed by atoms with E-state index in [1.54, 1.807) is 12.1 Å². The van der Waals surface area contributed by atoms with Crippen molar-refractivity contribution in [3.8, 4) is 11.5 Å². The Kier molecular flexibility index (Phi) is 4.68. The molecule has 0 saturated heterocycles. The zero-order valence-corrected chi connectivity index (χ0v) is 17.7. The first kappa shape index (κ1) is 18.3. The second-order valence-electron chi connectivity index (χ2n) is 6.67. The number of aromatic nitrogens is 2. The van der Waals surface area contributed by atoms with Crippen molar-refractivity contribution in [3.63, 3.8) is 0 Å². The molecule has 124 valence electrons. The van der Waals surface area contributed by atoms with Crippen molar-refractivity contribution < 1.29 is 29.7 Å². The molecule has 0 atom stereocenters. The van der Waals surface area contributed by atoms with Gasteiger partial charge in [-0.05, 0) is 36.8 Å². The van der Waals surface area contributed by atoms with Gasteiger partial charge in [0.05, 0.1) is 22.4 Å². The molecule has 0 aliphatic rings. The van der Waals surface area contributed by atoms with E-state index in [1.807, 2.05) is 50.2 Å². The third-order valence-corrected chi connectivity index (χ3v) is 4.65. The second-order valence-corrected chi connectivity index (χ2v) is 6.67. The standard InChI is InChI=1S/C21H18N2O2.Zn/c1-21(2,17-11-9-13-5-3-7-15(24)19(13)22-17)18-12-10-14-6-4-8-16(25)20(14)23-18;/h3-12,24-25H,1-2H3;/q;+2/p-2. The molecule has 0 saturated carbocycles. The molecule has 0 unspecified atom stereocenters. The first-order valence-electron chi connectivity index (χ1n) is 8.11. The van der Waals surface area contributed by atoms with Crippen molar-refractivity contribution in [1.82, 2.24) is 9.97 Å². The third-order valence-electron chi connectivity index (χ3n) is 4.65. The number of para-hydroxylation sites is 2. The molecular weight excluding hydrogens is 378 g/mol. The first-order chi connectivity index (χ1) is 12.0. The molecule has 0 aliphatic carbocycles. The molecule has 5 heteroatoms. The maximum absolute atomic E-state index is 12.1. The van der Waals surface area contributed by atoms with Crippen LogP contribution in [0.3, 0.4) is 0 Å². The van der Waals surface area contributed by atoms with E-state index in [9.17, 15) is 10.2 Å². The minimum absolute atomic E-state index is 0. The van der Waals surface area contributed by atoms with Crippen LogP contribution >= 0.6 is 0 Å². The topological polar surface area (TPSA) is 71.9 Å². The predicted molar refractivity (Wildman–Crippen MR) is 94.5 cm³/mol. The molecule has 2 aromatic carbocycles. The average molecular weight is 394 g/mol. The van der Waals surface area contributed by atoms with E-state index in [-0.39, 0.29) is 31.0 Å². The molecule has 0 amide bonds. The summed E-state index contributed by atoms with van der Waals surface area (Å²) in [6, 6.07) is 17.9. The maximum atomic E-state index is 12.1. The predicted octanol–water partition coefficient (Wildman–Crippen LogP) is 3.25. The summed E-state index contributed by atoms with van der Waals surface area (Å²) in [6.45, 7) is 3.99. The fourth-order valence-corrected chi connectivity index (χ4v) is 3.07. The summed E-state index contributed by atoms with van der Waals surface area (Å²) in [4.78, 5) is 9.19. The van der Waals surface area contributed by atoms with Gasteiger partial charge in [-0.25, -0.2) is 0 Å². The summed E-state index contributed by atoms with van der Waals surface area (Å²) in [5.74, 6) is -0.188. The maximum Gasteiger partial charge on any atom is 2.00 e. The van der Waals surface area contributed by atoms with Crippen LogP contribution in [0.15, 0.2) is 60.7 Å². The van der Waals surface area contributed by atoms with Gasteiger partial charge in [-0.3, -0.25) is 9.97 Å². The summed E-state index contributed by atoms with van der Waals surface area (Å²) in [5.41, 5.74) is 1.88. The Morgan fingerprint density at radius 3 is 1.50 bits per heavy atom. The van der Waals surface area contributed by atoms with Gasteiger partial charge in [0.1, 0.15) is 0 Å². The Labute approximate surface area is 164 Å². The van der Waals surface area contributed by atoms with E-state index in [4.69, 9.17) is 0 Å². The monoisotopic (exact) mass is 392 g/mol. The van der Waals surface area contributed by atoms with Gasteiger partial charge in [0.2, 0.25) is 0 Å². The fraction of sp³-hybridized carbons (Fsp3) is 0.143. The number of pyridine rings is 2. The van der Waals surface area contributed by atoms with Gasteiger partial charge in [0, 0.05) is 5.41 Å². The smallest absolute Gasteiger partial charge is 0.871 e. The number of fused-ring (bicyclic) bond motifs is 2. The minimum Gasteiger partial charge on any atom is -0.871 e. The van der Waals surface area contributed by atoms with Gasteiger partial charge >= 0.3 is 19.5 Å². The normalized spacial score (nSPS) is 11.5. The average Bonchev–Trinajstić information content (AvgIpc) is 2.62. The van der Waals surface area contributed by atoms with E-state index in [0.717, 1.165) is 22.2 Å². The summed E-state index contributed by atoms with van der Waals surface area (Å²) in [6.07, 6.45) is 0. The van der Waals surface area contributed by atoms with Crippen molar-refractivity contribution in [2.24, 2.45) is 0 Å². The van der Waals surface area contributed by atoms with Gasteiger partial charge in [0.25, 0.3) is 0 Å². The summed E-state index contributed by atoms with van der Waals surface area (Å²) < 4.78 is 0. The molecule has 0 fully saturated rings. The molecule has 0 bridgehead atoms. The van der Waals surface area contributed by atoms with Gasteiger partial charge in [0.15, 0.2) is 0 Å². The zero-order chi connectivity index (χ0) is 17.6. The Morgan fingerprint density at radius 1 is 0.654 bits per heavy atom. The molecule has 4 nitrogen and oxygen atoms in total. The summed E-state index contributed by atoms with van der Waals surface area (Å²) in [5, 5.41) is 25.8. The molecule has 2 heterocycles. The Bertz CT molecular complexity index is 1020. The van der Waals surface area contributed by atoms with Crippen LogP contribution < -0.4 is 10.2 Å². The molecule has 26 heavy (non-hydrogen) atoms. The van der Waals surface area contributed by atoms with E-state index in [1.165, 1.54) is 12.1 Å². The zero-order valence-electron chi connectivity index (χ0n) is 14.7. The molecule has 0 aliphatic heterocycles. The van der Waals surface area contributed by atoms with Crippen LogP contribution in [0.25, 0.3) is 21.8 Å². The Balaban J connectivity index is 0.00000196. The number of nitrogens with zero attached hydrogens (tertiary/aromatic N) is 2. The van der Waals surface area contributed by atoms with Gasteiger partial charge in [-0.15, -0.1) is 0 Å². The molecule has 0 N–H and O–H groups in total. The van der Waals surface area contributed by atoms with Crippen molar-refractivity contribution >= 4 is 21.8 Å². The summed E-state index contributed by atoms with van der Waals surface area (Å²) >= 11 is 0. The van der Waals surface area contributed by atoms with Crippen LogP contribution in [0.5, 0.6) is 11.5 Å². The van der Waals surface area contributed by atoms with E-state index >= 15 is 0 Å². The second kappa shape index (κ2) is 6.66. The number of rotatable bonds is 2. The molecular formula is C21H16N2O2Zn. The van der Waals surface area contributed by atoms with E-state index in [0.29, 0.717) is 11.0 Å². The van der Waals surface area contributed by atoms with Crippen LogP contribution in [0.1, 0.15) is 25.2 Å². The molecule has 2 aromatic heterocycles. The van der Waals surface area contributed by atoms with Gasteiger partial charge < -0.3 is 10.2 Å². The molecule has 0 spiro atoms. The Hall–Kier alpha value is -2.52. The fourth-order valence-electron chi connectivity index (χ4n) is 3.07. The van der Waals surface area contributed by atoms with Crippen LogP contribution in [0.4, 0.5) is 0 Å². The van der Waals surface area contributed by atoms with E-state index < -0.39 is 5.41 Å². The van der Waals surface area contributed by atoms with E-state index in [2.05, 4.69) is 9.97 Å². The van der Waals surface area contributed by atoms with Crippen molar-refractivity contribution in [3.05, 3.63) is 72.1 Å². The number of hydrogen-bond donors (Lipinski definition) is 0. The van der Waals surface area contributed by atoms with Gasteiger partial charge in [-0.2, -0.15) is 0 Å². The quantitative estimate of drug-likeness (QED) is 0.490. The third kappa shape index (κ3) is 2.93. The summed E-state index contributed by atoms with van der Waals surface area (Å²) in [7, 11) is 0. The van der Waals surface area contributed by atoms with Gasteiger partial charge in [-0.1, -0.05) is 60.0 Å². The van der Waals surface area contributed by atoms with Crippen molar-refractivity contribution in [1.29, 1.82) is 0 Å². The van der Waals surface area contributed by atoms with Crippen LogP contribution in [-0.2, 0) is 24.9 Å². The molecule has 4 rings (SSSR count). The van der Waals surface area contributed by atoms with Crippen LogP contribution in [-0.4, -0.2) is 9.97 Å². The van der Waals surface area contributed by atoms with Crippen molar-refractivity contribution in [2.75, 3.05) is 0 Å². The SMILES string of the molecule is CC(C)(c1ccc2cccc([O-])c2n1)c1ccc2cccc([O-])c2n1.[Zn+2]. The number of benzene rings is 2. The van der Waals surface area contributed by atoms with Crippen LogP contribution in [0.2, 0.25) is 0 Å².